The van der Waals surface area contributed by atoms with Crippen LogP contribution in [0.2, 0.25) is 0 Å². The summed E-state index contributed by atoms with van der Waals surface area (Å²) in [6, 6.07) is 5.27. The third kappa shape index (κ3) is 1.88. The first kappa shape index (κ1) is 10.6. The van der Waals surface area contributed by atoms with Crippen LogP contribution in [0.4, 0.5) is 8.78 Å². The van der Waals surface area contributed by atoms with E-state index in [4.69, 9.17) is 0 Å². The largest absolute Gasteiger partial charge is 0.307 e. The molecule has 0 aliphatic carbocycles. The number of nitrogens with one attached hydrogen (secondary N) is 1. The van der Waals surface area contributed by atoms with E-state index in [0.717, 1.165) is 11.1 Å². The first-order chi connectivity index (χ1) is 7.00. The van der Waals surface area contributed by atoms with Crippen LogP contribution in [0.15, 0.2) is 18.2 Å². The van der Waals surface area contributed by atoms with Crippen LogP contribution in [0.3, 0.4) is 0 Å². The van der Waals surface area contributed by atoms with Gasteiger partial charge in [-0.05, 0) is 17.0 Å². The monoisotopic (exact) mass is 211 g/mol. The average molecular weight is 211 g/mol. The van der Waals surface area contributed by atoms with Crippen LogP contribution in [0.1, 0.15) is 36.5 Å². The van der Waals surface area contributed by atoms with Crippen LogP contribution >= 0.6 is 0 Å². The van der Waals surface area contributed by atoms with Gasteiger partial charge in [-0.2, -0.15) is 8.78 Å². The highest BCUT2D eigenvalue weighted by atomic mass is 19.3. The van der Waals surface area contributed by atoms with Gasteiger partial charge in [-0.3, -0.25) is 0 Å². The second-order valence-electron chi connectivity index (χ2n) is 4.38. The highest BCUT2D eigenvalue weighted by molar-refractivity contribution is 5.37. The lowest BCUT2D eigenvalue weighted by Crippen LogP contribution is -2.36. The third-order valence-electron chi connectivity index (χ3n) is 2.85. The molecule has 0 saturated heterocycles. The van der Waals surface area contributed by atoms with Crippen molar-refractivity contribution < 1.29 is 8.78 Å². The van der Waals surface area contributed by atoms with Crippen molar-refractivity contribution in [2.75, 3.05) is 6.54 Å². The van der Waals surface area contributed by atoms with E-state index in [0.29, 0.717) is 12.5 Å². The van der Waals surface area contributed by atoms with Crippen molar-refractivity contribution >= 4 is 0 Å². The number of hydrogen-bond donors (Lipinski definition) is 1. The van der Waals surface area contributed by atoms with Crippen molar-refractivity contribution in [2.24, 2.45) is 0 Å². The molecule has 0 radical (unpaired) electrons. The van der Waals surface area contributed by atoms with Crippen molar-refractivity contribution in [3.63, 3.8) is 0 Å². The molecule has 15 heavy (non-hydrogen) atoms. The maximum absolute atomic E-state index is 13.5. The fourth-order valence-corrected chi connectivity index (χ4v) is 1.93. The minimum absolute atomic E-state index is 0.186. The summed E-state index contributed by atoms with van der Waals surface area (Å²) in [4.78, 5) is 0. The average Bonchev–Trinajstić information content (AvgIpc) is 2.16. The molecule has 0 fully saturated rings. The molecule has 0 atom stereocenters. The lowest BCUT2D eigenvalue weighted by Gasteiger charge is -2.26. The lowest BCUT2D eigenvalue weighted by atomic mass is 9.92. The molecule has 1 N–H and O–H groups in total. The van der Waals surface area contributed by atoms with E-state index in [1.54, 1.807) is 6.07 Å². The van der Waals surface area contributed by atoms with Gasteiger partial charge < -0.3 is 5.32 Å². The molecule has 0 bridgehead atoms. The number of hydrogen-bond acceptors (Lipinski definition) is 1. The van der Waals surface area contributed by atoms with E-state index in [1.165, 1.54) is 0 Å². The highest BCUT2D eigenvalue weighted by Gasteiger charge is 2.36. The summed E-state index contributed by atoms with van der Waals surface area (Å²) in [6.45, 7) is 4.43. The Morgan fingerprint density at radius 1 is 1.33 bits per heavy atom. The standard InChI is InChI=1S/C12H15F2N/c1-8(2)9-3-4-11-10(5-9)6-15-7-12(11,13)14/h3-5,8,15H,6-7H2,1-2H3. The molecule has 0 spiro atoms. The number of alkyl halides is 2. The molecule has 3 heteroatoms. The minimum Gasteiger partial charge on any atom is -0.307 e. The van der Waals surface area contributed by atoms with Crippen LogP contribution in [0.5, 0.6) is 0 Å². The number of halogens is 2. The Morgan fingerprint density at radius 2 is 2.07 bits per heavy atom. The van der Waals surface area contributed by atoms with Gasteiger partial charge in [0.15, 0.2) is 0 Å². The van der Waals surface area contributed by atoms with Crippen molar-refractivity contribution in [1.82, 2.24) is 5.32 Å². The molecule has 1 aliphatic heterocycles. The second-order valence-corrected chi connectivity index (χ2v) is 4.38. The molecule has 1 aliphatic rings. The number of benzene rings is 1. The van der Waals surface area contributed by atoms with E-state index in [1.807, 2.05) is 12.1 Å². The van der Waals surface area contributed by atoms with E-state index in [-0.39, 0.29) is 12.1 Å². The third-order valence-corrected chi connectivity index (χ3v) is 2.85. The summed E-state index contributed by atoms with van der Waals surface area (Å²) in [7, 11) is 0. The van der Waals surface area contributed by atoms with E-state index >= 15 is 0 Å². The van der Waals surface area contributed by atoms with Crippen molar-refractivity contribution in [2.45, 2.75) is 32.2 Å². The summed E-state index contributed by atoms with van der Waals surface area (Å²) < 4.78 is 26.9. The van der Waals surface area contributed by atoms with Crippen LogP contribution < -0.4 is 5.32 Å². The van der Waals surface area contributed by atoms with E-state index in [2.05, 4.69) is 19.2 Å². The van der Waals surface area contributed by atoms with Crippen molar-refractivity contribution in [3.05, 3.63) is 34.9 Å². The first-order valence-corrected chi connectivity index (χ1v) is 5.22. The minimum atomic E-state index is -2.72. The van der Waals surface area contributed by atoms with Gasteiger partial charge in [-0.25, -0.2) is 0 Å². The van der Waals surface area contributed by atoms with E-state index in [9.17, 15) is 8.78 Å². The zero-order chi connectivity index (χ0) is 11.1. The molecular formula is C12H15F2N. The maximum atomic E-state index is 13.5. The van der Waals surface area contributed by atoms with Gasteiger partial charge in [-0.15, -0.1) is 0 Å². The van der Waals surface area contributed by atoms with E-state index < -0.39 is 5.92 Å². The molecule has 1 aromatic rings. The molecule has 2 rings (SSSR count). The summed E-state index contributed by atoms with van der Waals surface area (Å²) in [5, 5.41) is 2.75. The molecule has 0 unspecified atom stereocenters. The van der Waals surface area contributed by atoms with Crippen LogP contribution in [0.25, 0.3) is 0 Å². The Kier molecular flexibility index (Phi) is 2.51. The van der Waals surface area contributed by atoms with Gasteiger partial charge in [-0.1, -0.05) is 32.0 Å². The first-order valence-electron chi connectivity index (χ1n) is 5.22. The Hall–Kier alpha value is -0.960. The maximum Gasteiger partial charge on any atom is 0.285 e. The zero-order valence-corrected chi connectivity index (χ0v) is 8.98. The molecule has 1 nitrogen and oxygen atoms in total. The summed E-state index contributed by atoms with van der Waals surface area (Å²) >= 11 is 0. The summed E-state index contributed by atoms with van der Waals surface area (Å²) in [5.74, 6) is -2.34. The predicted octanol–water partition coefficient (Wildman–Crippen LogP) is 3.01. The topological polar surface area (TPSA) is 12.0 Å². The molecule has 82 valence electrons. The fourth-order valence-electron chi connectivity index (χ4n) is 1.93. The van der Waals surface area contributed by atoms with Gasteiger partial charge in [0.05, 0.1) is 6.54 Å². The van der Waals surface area contributed by atoms with Gasteiger partial charge in [0.1, 0.15) is 0 Å². The summed E-state index contributed by atoms with van der Waals surface area (Å²) in [5.41, 5.74) is 2.04. The fraction of sp³-hybridized carbons (Fsp3) is 0.500. The zero-order valence-electron chi connectivity index (χ0n) is 8.98. The SMILES string of the molecule is CC(C)c1ccc2c(c1)CNCC2(F)F. The Labute approximate surface area is 88.5 Å². The Morgan fingerprint density at radius 3 is 2.73 bits per heavy atom. The predicted molar refractivity (Wildman–Crippen MR) is 56.1 cm³/mol. The normalized spacial score (nSPS) is 19.0. The van der Waals surface area contributed by atoms with Crippen LogP contribution in [-0.4, -0.2) is 6.54 Å². The second kappa shape index (κ2) is 3.56. The van der Waals surface area contributed by atoms with Crippen molar-refractivity contribution in [1.29, 1.82) is 0 Å². The molecule has 0 amide bonds. The van der Waals surface area contributed by atoms with Crippen LogP contribution in [0, 0.1) is 0 Å². The van der Waals surface area contributed by atoms with Gasteiger partial charge in [0.2, 0.25) is 0 Å². The molecule has 1 heterocycles. The molecule has 1 aromatic carbocycles. The molecule has 0 saturated carbocycles. The Bertz CT molecular complexity index is 372. The van der Waals surface area contributed by atoms with Crippen LogP contribution in [-0.2, 0) is 12.5 Å². The number of rotatable bonds is 1. The van der Waals surface area contributed by atoms with Gasteiger partial charge in [0, 0.05) is 12.1 Å². The van der Waals surface area contributed by atoms with Gasteiger partial charge >= 0.3 is 0 Å². The number of fused-ring (bicyclic) bond motifs is 1. The quantitative estimate of drug-likeness (QED) is 0.753. The smallest absolute Gasteiger partial charge is 0.285 e. The molecule has 0 aromatic heterocycles. The lowest BCUT2D eigenvalue weighted by molar-refractivity contribution is -0.0108. The highest BCUT2D eigenvalue weighted by Crippen LogP contribution is 2.34. The Balaban J connectivity index is 2.45. The summed E-state index contributed by atoms with van der Waals surface area (Å²) in [6.07, 6.45) is 0. The molecular weight excluding hydrogens is 196 g/mol. The van der Waals surface area contributed by atoms with Crippen molar-refractivity contribution in [3.8, 4) is 0 Å². The van der Waals surface area contributed by atoms with Gasteiger partial charge in [0.25, 0.3) is 5.92 Å².